The minimum absolute atomic E-state index is 0.0727. The summed E-state index contributed by atoms with van der Waals surface area (Å²) >= 11 is 1.40. The molecule has 7 heteroatoms. The zero-order valence-corrected chi connectivity index (χ0v) is 18.2. The molecule has 4 rings (SSSR count). The normalized spacial score (nSPS) is 11.8. The van der Waals surface area contributed by atoms with E-state index in [1.165, 1.54) is 11.8 Å². The smallest absolute Gasteiger partial charge is 0.237 e. The molecule has 2 heterocycles. The Bertz CT molecular complexity index is 1160. The van der Waals surface area contributed by atoms with Gasteiger partial charge in [0.2, 0.25) is 5.91 Å². The van der Waals surface area contributed by atoms with E-state index in [1.54, 1.807) is 12.4 Å². The first-order valence-corrected chi connectivity index (χ1v) is 10.9. The number of rotatable bonds is 7. The van der Waals surface area contributed by atoms with Crippen LogP contribution in [0.5, 0.6) is 0 Å². The number of aromatic nitrogens is 4. The first-order valence-electron chi connectivity index (χ1n) is 10.0. The van der Waals surface area contributed by atoms with E-state index in [0.717, 1.165) is 28.2 Å². The van der Waals surface area contributed by atoms with Gasteiger partial charge in [-0.1, -0.05) is 60.3 Å². The van der Waals surface area contributed by atoms with Gasteiger partial charge in [0.25, 0.3) is 0 Å². The van der Waals surface area contributed by atoms with Crippen molar-refractivity contribution in [1.29, 1.82) is 0 Å². The molecule has 0 saturated heterocycles. The van der Waals surface area contributed by atoms with Crippen LogP contribution in [0.1, 0.15) is 18.1 Å². The summed E-state index contributed by atoms with van der Waals surface area (Å²) in [5.41, 5.74) is 3.86. The lowest BCUT2D eigenvalue weighted by atomic mass is 10.2. The quantitative estimate of drug-likeness (QED) is 0.427. The van der Waals surface area contributed by atoms with Crippen LogP contribution < -0.4 is 5.32 Å². The van der Waals surface area contributed by atoms with Crippen molar-refractivity contribution in [3.05, 3.63) is 90.3 Å². The maximum absolute atomic E-state index is 12.8. The van der Waals surface area contributed by atoms with Crippen LogP contribution in [0.25, 0.3) is 11.4 Å². The number of pyridine rings is 1. The highest BCUT2D eigenvalue weighted by Gasteiger charge is 2.21. The van der Waals surface area contributed by atoms with Crippen molar-refractivity contribution < 1.29 is 4.79 Å². The Kier molecular flexibility index (Phi) is 6.43. The SMILES string of the molecule is Cc1ccccc1NC(=O)[C@H](C)Sc1nnc(-c2cccnc2)n1Cc1ccccc1. The van der Waals surface area contributed by atoms with Crippen molar-refractivity contribution in [3.63, 3.8) is 0 Å². The number of carbonyl (C=O) groups excluding carboxylic acids is 1. The molecule has 4 aromatic rings. The number of hydrogen-bond donors (Lipinski definition) is 1. The second-order valence-electron chi connectivity index (χ2n) is 7.18. The summed E-state index contributed by atoms with van der Waals surface area (Å²) < 4.78 is 2.04. The zero-order valence-electron chi connectivity index (χ0n) is 17.4. The van der Waals surface area contributed by atoms with E-state index in [4.69, 9.17) is 0 Å². The van der Waals surface area contributed by atoms with Crippen LogP contribution in [0.15, 0.2) is 84.3 Å². The largest absolute Gasteiger partial charge is 0.325 e. The van der Waals surface area contributed by atoms with Gasteiger partial charge in [-0.3, -0.25) is 14.3 Å². The predicted molar refractivity (Wildman–Crippen MR) is 124 cm³/mol. The van der Waals surface area contributed by atoms with Crippen molar-refractivity contribution in [1.82, 2.24) is 19.7 Å². The minimum atomic E-state index is -0.347. The van der Waals surface area contributed by atoms with Crippen LogP contribution in [-0.2, 0) is 11.3 Å². The van der Waals surface area contributed by atoms with E-state index in [-0.39, 0.29) is 11.2 Å². The van der Waals surface area contributed by atoms with Crippen molar-refractivity contribution in [2.75, 3.05) is 5.32 Å². The molecule has 0 aliphatic carbocycles. The van der Waals surface area contributed by atoms with Gasteiger partial charge < -0.3 is 5.32 Å². The molecule has 0 fully saturated rings. The number of carbonyl (C=O) groups is 1. The number of benzene rings is 2. The van der Waals surface area contributed by atoms with Gasteiger partial charge in [0.05, 0.1) is 11.8 Å². The highest BCUT2D eigenvalue weighted by atomic mass is 32.2. The molecule has 0 bridgehead atoms. The average molecular weight is 430 g/mol. The van der Waals surface area contributed by atoms with Crippen LogP contribution in [-0.4, -0.2) is 30.9 Å². The monoisotopic (exact) mass is 429 g/mol. The Hall–Kier alpha value is -3.45. The Morgan fingerprint density at radius 3 is 2.55 bits per heavy atom. The highest BCUT2D eigenvalue weighted by molar-refractivity contribution is 8.00. The van der Waals surface area contributed by atoms with E-state index in [9.17, 15) is 4.79 Å². The molecule has 0 radical (unpaired) electrons. The molecule has 0 unspecified atom stereocenters. The Morgan fingerprint density at radius 1 is 1.03 bits per heavy atom. The van der Waals surface area contributed by atoms with Crippen LogP contribution >= 0.6 is 11.8 Å². The molecule has 0 aliphatic heterocycles. The van der Waals surface area contributed by atoms with Crippen molar-refractivity contribution in [2.45, 2.75) is 30.8 Å². The summed E-state index contributed by atoms with van der Waals surface area (Å²) in [6.45, 7) is 4.46. The molecular formula is C24H23N5OS. The minimum Gasteiger partial charge on any atom is -0.325 e. The number of amides is 1. The fraction of sp³-hybridized carbons (Fsp3) is 0.167. The number of thioether (sulfide) groups is 1. The number of para-hydroxylation sites is 1. The first-order chi connectivity index (χ1) is 15.1. The van der Waals surface area contributed by atoms with Crippen LogP contribution in [0.4, 0.5) is 5.69 Å². The molecule has 6 nitrogen and oxygen atoms in total. The van der Waals surface area contributed by atoms with Gasteiger partial charge in [-0.15, -0.1) is 10.2 Å². The molecule has 2 aromatic heterocycles. The van der Waals surface area contributed by atoms with Gasteiger partial charge in [0.15, 0.2) is 11.0 Å². The van der Waals surface area contributed by atoms with Gasteiger partial charge in [0.1, 0.15) is 0 Å². The van der Waals surface area contributed by atoms with Crippen LogP contribution in [0.2, 0.25) is 0 Å². The van der Waals surface area contributed by atoms with Gasteiger partial charge in [-0.25, -0.2) is 0 Å². The molecule has 0 spiro atoms. The number of nitrogens with one attached hydrogen (secondary N) is 1. The van der Waals surface area contributed by atoms with E-state index in [1.807, 2.05) is 73.0 Å². The molecule has 0 saturated carbocycles. The molecule has 31 heavy (non-hydrogen) atoms. The fourth-order valence-electron chi connectivity index (χ4n) is 3.15. The topological polar surface area (TPSA) is 72.7 Å². The molecule has 1 amide bonds. The summed E-state index contributed by atoms with van der Waals surface area (Å²) in [6.07, 6.45) is 3.50. The second-order valence-corrected chi connectivity index (χ2v) is 8.49. The highest BCUT2D eigenvalue weighted by Crippen LogP contribution is 2.28. The molecule has 0 aliphatic rings. The zero-order chi connectivity index (χ0) is 21.6. The predicted octanol–water partition coefficient (Wildman–Crippen LogP) is 4.82. The maximum Gasteiger partial charge on any atom is 0.237 e. The number of aryl methyl sites for hydroxylation is 1. The van der Waals surface area contributed by atoms with Gasteiger partial charge in [-0.05, 0) is 43.2 Å². The summed E-state index contributed by atoms with van der Waals surface area (Å²) in [6, 6.07) is 21.7. The molecule has 2 aromatic carbocycles. The third-order valence-electron chi connectivity index (χ3n) is 4.87. The van der Waals surface area contributed by atoms with E-state index >= 15 is 0 Å². The molecule has 1 N–H and O–H groups in total. The molecule has 1 atom stereocenters. The van der Waals surface area contributed by atoms with Crippen molar-refractivity contribution >= 4 is 23.4 Å². The van der Waals surface area contributed by atoms with Crippen molar-refractivity contribution in [3.8, 4) is 11.4 Å². The lowest BCUT2D eigenvalue weighted by molar-refractivity contribution is -0.115. The maximum atomic E-state index is 12.8. The first kappa shape index (κ1) is 20.8. The number of anilines is 1. The summed E-state index contributed by atoms with van der Waals surface area (Å²) in [5, 5.41) is 12.2. The number of nitrogens with zero attached hydrogens (tertiary/aromatic N) is 4. The van der Waals surface area contributed by atoms with Gasteiger partial charge in [0, 0.05) is 23.6 Å². The molecule has 156 valence electrons. The van der Waals surface area contributed by atoms with E-state index in [0.29, 0.717) is 11.7 Å². The van der Waals surface area contributed by atoms with Crippen LogP contribution in [0, 0.1) is 6.92 Å². The lowest BCUT2D eigenvalue weighted by Crippen LogP contribution is -2.23. The number of hydrogen-bond acceptors (Lipinski definition) is 5. The lowest BCUT2D eigenvalue weighted by Gasteiger charge is -2.15. The second kappa shape index (κ2) is 9.57. The van der Waals surface area contributed by atoms with Gasteiger partial charge in [-0.2, -0.15) is 0 Å². The fourth-order valence-corrected chi connectivity index (χ4v) is 4.00. The van der Waals surface area contributed by atoms with Crippen LogP contribution in [0.3, 0.4) is 0 Å². The third kappa shape index (κ3) is 5.00. The molecular weight excluding hydrogens is 406 g/mol. The van der Waals surface area contributed by atoms with Crippen molar-refractivity contribution in [2.24, 2.45) is 0 Å². The Labute approximate surface area is 185 Å². The summed E-state index contributed by atoms with van der Waals surface area (Å²) in [4.78, 5) is 17.0. The summed E-state index contributed by atoms with van der Waals surface area (Å²) in [7, 11) is 0. The Balaban J connectivity index is 1.59. The van der Waals surface area contributed by atoms with E-state index < -0.39 is 0 Å². The Morgan fingerprint density at radius 2 is 1.81 bits per heavy atom. The summed E-state index contributed by atoms with van der Waals surface area (Å²) in [5.74, 6) is 0.655. The van der Waals surface area contributed by atoms with Gasteiger partial charge >= 0.3 is 0 Å². The average Bonchev–Trinajstić information content (AvgIpc) is 3.18. The van der Waals surface area contributed by atoms with E-state index in [2.05, 4.69) is 32.6 Å². The standard InChI is InChI=1S/C24H23N5OS/c1-17-9-6-7-13-21(17)26-23(30)18(2)31-24-28-27-22(20-12-8-14-25-15-20)29(24)16-19-10-4-3-5-11-19/h3-15,18H,16H2,1-2H3,(H,26,30)/t18-/m0/s1. The third-order valence-corrected chi connectivity index (χ3v) is 5.95.